The number of hydrogen-bond donors (Lipinski definition) is 3. The summed E-state index contributed by atoms with van der Waals surface area (Å²) in [6.45, 7) is 6.98. The van der Waals surface area contributed by atoms with E-state index in [0.717, 1.165) is 19.4 Å². The molecule has 4 N–H and O–H groups in total. The minimum atomic E-state index is -0.913. The summed E-state index contributed by atoms with van der Waals surface area (Å²) in [5.74, 6) is -0.556. The molecule has 0 heterocycles. The van der Waals surface area contributed by atoms with E-state index in [2.05, 4.69) is 12.2 Å². The first kappa shape index (κ1) is 23.2. The Morgan fingerprint density at radius 2 is 1.59 bits per heavy atom. The zero-order valence-electron chi connectivity index (χ0n) is 14.6. The Labute approximate surface area is 136 Å². The van der Waals surface area contributed by atoms with Crippen LogP contribution in [0.2, 0.25) is 0 Å². The minimum Gasteiger partial charge on any atom is -0.480 e. The third-order valence-electron chi connectivity index (χ3n) is 3.30. The van der Waals surface area contributed by atoms with E-state index in [1.807, 2.05) is 13.8 Å². The van der Waals surface area contributed by atoms with Crippen LogP contribution >= 0.6 is 0 Å². The Balaban J connectivity index is 0. The molecule has 0 rings (SSSR count). The number of aliphatic carboxylic acids is 1. The summed E-state index contributed by atoms with van der Waals surface area (Å²) in [4.78, 5) is 20.0. The topological polar surface area (TPSA) is 92.4 Å². The third kappa shape index (κ3) is 21.2. The predicted molar refractivity (Wildman–Crippen MR) is 91.7 cm³/mol. The van der Waals surface area contributed by atoms with Gasteiger partial charge in [0.1, 0.15) is 6.04 Å². The molecule has 5 heteroatoms. The summed E-state index contributed by atoms with van der Waals surface area (Å²) in [6.07, 6.45) is 11.9. The lowest BCUT2D eigenvalue weighted by Gasteiger charge is -2.07. The molecule has 0 aliphatic rings. The van der Waals surface area contributed by atoms with Gasteiger partial charge in [0, 0.05) is 6.54 Å². The second-order valence-electron chi connectivity index (χ2n) is 6.12. The van der Waals surface area contributed by atoms with E-state index in [1.54, 1.807) is 0 Å². The van der Waals surface area contributed by atoms with Crippen molar-refractivity contribution in [2.45, 2.75) is 84.6 Å². The van der Waals surface area contributed by atoms with E-state index >= 15 is 0 Å². The van der Waals surface area contributed by atoms with E-state index in [4.69, 9.17) is 10.8 Å². The van der Waals surface area contributed by atoms with E-state index in [0.29, 0.717) is 12.3 Å². The zero-order chi connectivity index (χ0) is 17.2. The van der Waals surface area contributed by atoms with Crippen LogP contribution in [0.25, 0.3) is 0 Å². The number of rotatable bonds is 13. The van der Waals surface area contributed by atoms with Crippen molar-refractivity contribution in [3.63, 3.8) is 0 Å². The summed E-state index contributed by atoms with van der Waals surface area (Å²) in [6, 6.07) is -0.690. The van der Waals surface area contributed by atoms with E-state index in [1.165, 1.54) is 44.9 Å². The number of hydrogen-bond acceptors (Lipinski definition) is 3. The number of nitrogens with two attached hydrogens (primary N) is 1. The molecule has 0 fully saturated rings. The second kappa shape index (κ2) is 18.0. The van der Waals surface area contributed by atoms with Crippen molar-refractivity contribution in [2.75, 3.05) is 6.54 Å². The summed E-state index contributed by atoms with van der Waals surface area (Å²) in [5.41, 5.74) is 5.22. The Morgan fingerprint density at radius 1 is 1.09 bits per heavy atom. The van der Waals surface area contributed by atoms with Crippen LogP contribution < -0.4 is 11.1 Å². The summed E-state index contributed by atoms with van der Waals surface area (Å²) >= 11 is 0. The first-order valence-corrected chi connectivity index (χ1v) is 8.61. The maximum atomic E-state index is 10.1. The van der Waals surface area contributed by atoms with Crippen molar-refractivity contribution < 1.29 is 14.7 Å². The molecule has 0 aromatic carbocycles. The Morgan fingerprint density at radius 3 is 1.95 bits per heavy atom. The lowest BCUT2D eigenvalue weighted by molar-refractivity contribution is -0.138. The van der Waals surface area contributed by atoms with Crippen LogP contribution in [0, 0.1) is 5.92 Å². The highest BCUT2D eigenvalue weighted by atomic mass is 16.4. The number of carbonyl (C=O) groups is 2. The van der Waals surface area contributed by atoms with Crippen molar-refractivity contribution in [3.8, 4) is 0 Å². The molecule has 0 aromatic heterocycles. The number of carboxylic acids is 1. The van der Waals surface area contributed by atoms with Gasteiger partial charge in [-0.2, -0.15) is 0 Å². The predicted octanol–water partition coefficient (Wildman–Crippen LogP) is 3.32. The van der Waals surface area contributed by atoms with E-state index in [-0.39, 0.29) is 0 Å². The second-order valence-corrected chi connectivity index (χ2v) is 6.12. The van der Waals surface area contributed by atoms with Crippen molar-refractivity contribution >= 4 is 12.4 Å². The molecule has 22 heavy (non-hydrogen) atoms. The van der Waals surface area contributed by atoms with Gasteiger partial charge in [0.2, 0.25) is 6.41 Å². The highest BCUT2D eigenvalue weighted by Gasteiger charge is 2.11. The normalized spacial score (nSPS) is 11.5. The molecule has 5 nitrogen and oxygen atoms in total. The molecule has 0 aliphatic heterocycles. The van der Waals surface area contributed by atoms with Crippen molar-refractivity contribution in [2.24, 2.45) is 11.7 Å². The molecule has 1 amide bonds. The quantitative estimate of drug-likeness (QED) is 0.359. The summed E-state index contributed by atoms with van der Waals surface area (Å²) < 4.78 is 0. The van der Waals surface area contributed by atoms with E-state index < -0.39 is 12.0 Å². The van der Waals surface area contributed by atoms with Crippen LogP contribution in [-0.4, -0.2) is 30.1 Å². The fourth-order valence-corrected chi connectivity index (χ4v) is 2.03. The molecule has 0 spiro atoms. The molecule has 0 aromatic rings. The number of amides is 1. The van der Waals surface area contributed by atoms with E-state index in [9.17, 15) is 9.59 Å². The molecule has 1 atom stereocenters. The SMILES string of the molecule is CC(C)C[C@H](N)C(=O)O.CCCCCCCCCCNC=O. The molecule has 132 valence electrons. The van der Waals surface area contributed by atoms with Crippen LogP contribution in [0.15, 0.2) is 0 Å². The maximum absolute atomic E-state index is 10.1. The molecule has 0 unspecified atom stereocenters. The van der Waals surface area contributed by atoms with Crippen molar-refractivity contribution in [1.82, 2.24) is 5.32 Å². The smallest absolute Gasteiger partial charge is 0.320 e. The minimum absolute atomic E-state index is 0.357. The van der Waals surface area contributed by atoms with Crippen LogP contribution in [0.5, 0.6) is 0 Å². The number of unbranched alkanes of at least 4 members (excludes halogenated alkanes) is 7. The van der Waals surface area contributed by atoms with Gasteiger partial charge in [-0.15, -0.1) is 0 Å². The molecule has 0 radical (unpaired) electrons. The monoisotopic (exact) mass is 316 g/mol. The van der Waals surface area contributed by atoms with Gasteiger partial charge in [0.15, 0.2) is 0 Å². The maximum Gasteiger partial charge on any atom is 0.320 e. The standard InChI is InChI=1S/C11H23NO.C6H13NO2/c1-2-3-4-5-6-7-8-9-10-12-11-13;1-4(2)3-5(7)6(8)9/h11H,2-10H2,1H3,(H,12,13);4-5H,3,7H2,1-2H3,(H,8,9)/t;5-/m.0/s1. The summed E-state index contributed by atoms with van der Waals surface area (Å²) in [7, 11) is 0. The van der Waals surface area contributed by atoms with Gasteiger partial charge in [0.05, 0.1) is 0 Å². The largest absolute Gasteiger partial charge is 0.480 e. The fourth-order valence-electron chi connectivity index (χ4n) is 2.03. The van der Waals surface area contributed by atoms with Gasteiger partial charge in [-0.1, -0.05) is 65.7 Å². The number of carbonyl (C=O) groups excluding carboxylic acids is 1. The number of nitrogens with one attached hydrogen (secondary N) is 1. The van der Waals surface area contributed by atoms with Crippen molar-refractivity contribution in [3.05, 3.63) is 0 Å². The van der Waals surface area contributed by atoms with Crippen LogP contribution in [0.3, 0.4) is 0 Å². The van der Waals surface area contributed by atoms with Crippen LogP contribution in [-0.2, 0) is 9.59 Å². The third-order valence-corrected chi connectivity index (χ3v) is 3.30. The lowest BCUT2D eigenvalue weighted by atomic mass is 10.1. The van der Waals surface area contributed by atoms with Crippen LogP contribution in [0.1, 0.15) is 78.6 Å². The highest BCUT2D eigenvalue weighted by molar-refractivity contribution is 5.72. The fraction of sp³-hybridized carbons (Fsp3) is 0.882. The average Bonchev–Trinajstić information content (AvgIpc) is 2.45. The lowest BCUT2D eigenvalue weighted by Crippen LogP contribution is -2.31. The molecule has 0 bridgehead atoms. The molecule has 0 saturated heterocycles. The van der Waals surface area contributed by atoms with Crippen molar-refractivity contribution in [1.29, 1.82) is 0 Å². The van der Waals surface area contributed by atoms with Gasteiger partial charge in [-0.25, -0.2) is 0 Å². The van der Waals surface area contributed by atoms with Gasteiger partial charge in [-0.3, -0.25) is 9.59 Å². The van der Waals surface area contributed by atoms with Gasteiger partial charge in [0.25, 0.3) is 0 Å². The first-order valence-electron chi connectivity index (χ1n) is 8.61. The average molecular weight is 316 g/mol. The zero-order valence-corrected chi connectivity index (χ0v) is 14.6. The molecular weight excluding hydrogens is 280 g/mol. The Kier molecular flexibility index (Phi) is 18.9. The Bertz CT molecular complexity index is 258. The molecule has 0 saturated carbocycles. The van der Waals surface area contributed by atoms with Gasteiger partial charge in [-0.05, 0) is 18.8 Å². The van der Waals surface area contributed by atoms with Crippen LogP contribution in [0.4, 0.5) is 0 Å². The first-order chi connectivity index (χ1) is 10.5. The van der Waals surface area contributed by atoms with Gasteiger partial charge < -0.3 is 16.2 Å². The highest BCUT2D eigenvalue weighted by Crippen LogP contribution is 2.07. The Hall–Kier alpha value is -1.10. The number of carboxylic acid groups (broad SMARTS) is 1. The van der Waals surface area contributed by atoms with Gasteiger partial charge >= 0.3 is 5.97 Å². The summed E-state index contributed by atoms with van der Waals surface area (Å²) in [5, 5.41) is 11.0. The molecular formula is C17H36N2O3. The molecule has 0 aliphatic carbocycles.